The van der Waals surface area contributed by atoms with Crippen molar-refractivity contribution in [2.75, 3.05) is 0 Å². The van der Waals surface area contributed by atoms with E-state index in [1.165, 1.54) is 16.7 Å². The zero-order valence-corrected chi connectivity index (χ0v) is 18.0. The fraction of sp³-hybridized carbons (Fsp3) is 0.143. The average Bonchev–Trinajstić information content (AvgIpc) is 2.69. The first-order valence-corrected chi connectivity index (χ1v) is 11.4. The molecule has 1 aliphatic rings. The van der Waals surface area contributed by atoms with Gasteiger partial charge in [0.2, 0.25) is 0 Å². The van der Waals surface area contributed by atoms with Gasteiger partial charge in [-0.05, 0) is 53.1 Å². The number of thioether (sulfide) groups is 2. The third-order valence-electron chi connectivity index (χ3n) is 4.31. The Morgan fingerprint density at radius 2 is 0.852 bits per heavy atom. The van der Waals surface area contributed by atoms with E-state index in [0.717, 1.165) is 15.1 Å². The normalized spacial score (nSPS) is 22.6. The summed E-state index contributed by atoms with van der Waals surface area (Å²) >= 11 is 22.0. The van der Waals surface area contributed by atoms with E-state index in [2.05, 4.69) is 41.7 Å². The second-order valence-electron chi connectivity index (χ2n) is 6.19. The lowest BCUT2D eigenvalue weighted by molar-refractivity contribution is 0.654. The standard InChI is InChI=1S/C21H16Cl3NS2/c22-16-7-1-13(2-8-16)19-25-20(14-3-9-17(23)10-4-14)27-21(26-19)15-5-11-18(24)12-6-15/h1-12,19-21,25H. The first-order valence-electron chi connectivity index (χ1n) is 8.42. The Bertz CT molecular complexity index is 770. The fourth-order valence-electron chi connectivity index (χ4n) is 2.90. The molecule has 1 fully saturated rings. The maximum absolute atomic E-state index is 6.08. The number of benzene rings is 3. The molecule has 2 unspecified atom stereocenters. The zero-order chi connectivity index (χ0) is 18.8. The molecule has 0 amide bonds. The fourth-order valence-corrected chi connectivity index (χ4v) is 6.47. The van der Waals surface area contributed by atoms with Gasteiger partial charge in [0.15, 0.2) is 0 Å². The summed E-state index contributed by atoms with van der Waals surface area (Å²) in [5.41, 5.74) is 3.68. The topological polar surface area (TPSA) is 12.0 Å². The predicted octanol–water partition coefficient (Wildman–Crippen LogP) is 8.11. The van der Waals surface area contributed by atoms with Crippen LogP contribution in [0.3, 0.4) is 0 Å². The summed E-state index contributed by atoms with van der Waals surface area (Å²) < 4.78 is 0.282. The quantitative estimate of drug-likeness (QED) is 0.431. The highest BCUT2D eigenvalue weighted by Gasteiger charge is 2.32. The maximum Gasteiger partial charge on any atom is 0.0815 e. The third kappa shape index (κ3) is 4.79. The molecule has 4 rings (SSSR count). The van der Waals surface area contributed by atoms with E-state index in [4.69, 9.17) is 34.8 Å². The van der Waals surface area contributed by atoms with Crippen LogP contribution in [-0.4, -0.2) is 0 Å². The van der Waals surface area contributed by atoms with Crippen molar-refractivity contribution >= 4 is 58.3 Å². The average molecular weight is 453 g/mol. The maximum atomic E-state index is 6.08. The van der Waals surface area contributed by atoms with Gasteiger partial charge in [0.05, 0.1) is 15.3 Å². The summed E-state index contributed by atoms with van der Waals surface area (Å²) in [5, 5.41) is 6.32. The zero-order valence-electron chi connectivity index (χ0n) is 14.1. The van der Waals surface area contributed by atoms with Gasteiger partial charge in [0, 0.05) is 15.1 Å². The van der Waals surface area contributed by atoms with Crippen molar-refractivity contribution in [1.29, 1.82) is 0 Å². The molecule has 27 heavy (non-hydrogen) atoms. The lowest BCUT2D eigenvalue weighted by Gasteiger charge is -2.36. The van der Waals surface area contributed by atoms with Crippen LogP contribution in [0.4, 0.5) is 0 Å². The summed E-state index contributed by atoms with van der Waals surface area (Å²) in [6, 6.07) is 24.2. The molecule has 2 atom stereocenters. The van der Waals surface area contributed by atoms with E-state index in [9.17, 15) is 0 Å². The number of hydrogen-bond acceptors (Lipinski definition) is 3. The number of halogens is 3. The van der Waals surface area contributed by atoms with Crippen molar-refractivity contribution in [1.82, 2.24) is 5.32 Å². The molecule has 1 saturated heterocycles. The SMILES string of the molecule is Clc1ccc(C2NC(c3ccc(Cl)cc3)SC(c3ccc(Cl)cc3)S2)cc1. The molecule has 0 bridgehead atoms. The molecule has 1 heterocycles. The molecule has 6 heteroatoms. The van der Waals surface area contributed by atoms with Crippen LogP contribution in [0.1, 0.15) is 32.0 Å². The van der Waals surface area contributed by atoms with Gasteiger partial charge in [-0.15, -0.1) is 23.5 Å². The first kappa shape index (κ1) is 19.5. The van der Waals surface area contributed by atoms with Gasteiger partial charge in [0.25, 0.3) is 0 Å². The van der Waals surface area contributed by atoms with Crippen LogP contribution in [-0.2, 0) is 0 Å². The van der Waals surface area contributed by atoms with E-state index in [-0.39, 0.29) is 15.3 Å². The van der Waals surface area contributed by atoms with Gasteiger partial charge in [-0.2, -0.15) is 0 Å². The lowest BCUT2D eigenvalue weighted by Crippen LogP contribution is -2.27. The van der Waals surface area contributed by atoms with Gasteiger partial charge in [-0.1, -0.05) is 71.2 Å². The molecular formula is C21H16Cl3NS2. The van der Waals surface area contributed by atoms with E-state index in [0.29, 0.717) is 0 Å². The summed E-state index contributed by atoms with van der Waals surface area (Å²) in [7, 11) is 0. The Morgan fingerprint density at radius 1 is 0.519 bits per heavy atom. The number of hydrogen-bond donors (Lipinski definition) is 1. The van der Waals surface area contributed by atoms with Crippen molar-refractivity contribution in [2.45, 2.75) is 15.3 Å². The summed E-state index contributed by atoms with van der Waals surface area (Å²) in [6.07, 6.45) is 0. The Labute approximate surface area is 182 Å². The van der Waals surface area contributed by atoms with E-state index >= 15 is 0 Å². The van der Waals surface area contributed by atoms with Crippen LogP contribution >= 0.6 is 58.3 Å². The largest absolute Gasteiger partial charge is 0.286 e. The van der Waals surface area contributed by atoms with Gasteiger partial charge in [-0.3, -0.25) is 5.32 Å². The highest BCUT2D eigenvalue weighted by atomic mass is 35.5. The molecule has 3 aromatic rings. The molecular weight excluding hydrogens is 437 g/mol. The molecule has 1 nitrogen and oxygen atoms in total. The van der Waals surface area contributed by atoms with Crippen molar-refractivity contribution in [3.8, 4) is 0 Å². The third-order valence-corrected chi connectivity index (χ3v) is 8.13. The van der Waals surface area contributed by atoms with Gasteiger partial charge in [-0.25, -0.2) is 0 Å². The molecule has 0 aromatic heterocycles. The number of nitrogens with one attached hydrogen (secondary N) is 1. The lowest BCUT2D eigenvalue weighted by atomic mass is 10.2. The van der Waals surface area contributed by atoms with Crippen LogP contribution in [0, 0.1) is 0 Å². The molecule has 0 radical (unpaired) electrons. The highest BCUT2D eigenvalue weighted by Crippen LogP contribution is 2.55. The minimum Gasteiger partial charge on any atom is -0.286 e. The van der Waals surface area contributed by atoms with Crippen molar-refractivity contribution < 1.29 is 0 Å². The molecule has 0 aliphatic carbocycles. The van der Waals surface area contributed by atoms with Crippen molar-refractivity contribution in [3.05, 3.63) is 105 Å². The second-order valence-corrected chi connectivity index (χ2v) is 10.2. The molecule has 138 valence electrons. The summed E-state index contributed by atoms with van der Waals surface area (Å²) in [4.78, 5) is 0. The van der Waals surface area contributed by atoms with Crippen LogP contribution < -0.4 is 5.32 Å². The van der Waals surface area contributed by atoms with Gasteiger partial charge in [0.1, 0.15) is 0 Å². The molecule has 1 aliphatic heterocycles. The highest BCUT2D eigenvalue weighted by molar-refractivity contribution is 8.17. The van der Waals surface area contributed by atoms with Crippen molar-refractivity contribution in [2.24, 2.45) is 0 Å². The van der Waals surface area contributed by atoms with E-state index in [1.807, 2.05) is 59.9 Å². The first-order chi connectivity index (χ1) is 13.1. The summed E-state index contributed by atoms with van der Waals surface area (Å²) in [6.45, 7) is 0. The Morgan fingerprint density at radius 3 is 1.22 bits per heavy atom. The Hall–Kier alpha value is -0.810. The van der Waals surface area contributed by atoms with Gasteiger partial charge < -0.3 is 0 Å². The van der Waals surface area contributed by atoms with Crippen LogP contribution in [0.25, 0.3) is 0 Å². The summed E-state index contributed by atoms with van der Waals surface area (Å²) in [5.74, 6) is 0. The van der Waals surface area contributed by atoms with Gasteiger partial charge >= 0.3 is 0 Å². The minimum atomic E-state index is 0.157. The molecule has 3 aromatic carbocycles. The monoisotopic (exact) mass is 451 g/mol. The molecule has 0 spiro atoms. The van der Waals surface area contributed by atoms with Crippen molar-refractivity contribution in [3.63, 3.8) is 0 Å². The van der Waals surface area contributed by atoms with Crippen LogP contribution in [0.2, 0.25) is 15.1 Å². The Balaban J connectivity index is 1.66. The predicted molar refractivity (Wildman–Crippen MR) is 121 cm³/mol. The Kier molecular flexibility index (Phi) is 6.28. The van der Waals surface area contributed by atoms with E-state index in [1.54, 1.807) is 0 Å². The molecule has 1 N–H and O–H groups in total. The smallest absolute Gasteiger partial charge is 0.0815 e. The second kappa shape index (κ2) is 8.69. The van der Waals surface area contributed by atoms with Crippen LogP contribution in [0.5, 0.6) is 0 Å². The molecule has 0 saturated carbocycles. The minimum absolute atomic E-state index is 0.157. The van der Waals surface area contributed by atoms with Crippen LogP contribution in [0.15, 0.2) is 72.8 Å². The number of rotatable bonds is 3. The van der Waals surface area contributed by atoms with E-state index < -0.39 is 0 Å².